The third kappa shape index (κ3) is 21.9. The number of halogens is 18. The van der Waals surface area contributed by atoms with Crippen LogP contribution in [0.5, 0.6) is 34.9 Å². The van der Waals surface area contributed by atoms with Crippen LogP contribution >= 0.6 is 0 Å². The van der Waals surface area contributed by atoms with Crippen LogP contribution in [0, 0.1) is 52.4 Å². The fraction of sp³-hybridized carbons (Fsp3) is 0.149. The molecule has 7 heterocycles. The van der Waals surface area contributed by atoms with Crippen molar-refractivity contribution in [1.82, 2.24) is 54.2 Å². The second-order valence-electron chi connectivity index (χ2n) is 24.5. The Bertz CT molecular complexity index is 6240. The summed E-state index contributed by atoms with van der Waals surface area (Å²) in [5.74, 6) is -16.3. The highest BCUT2D eigenvalue weighted by molar-refractivity contribution is 6.19. The van der Waals surface area contributed by atoms with Crippen LogP contribution in [0.2, 0.25) is 0 Å². The Morgan fingerprint density at radius 3 is 1.25 bits per heavy atom. The number of carbonyl (C=O) groups excluding carboxylic acids is 5. The van der Waals surface area contributed by atoms with E-state index in [1.807, 2.05) is 10.6 Å². The number of nitrogens with zero attached hydrogens (tertiary/aromatic N) is 11. The number of fused-ring (bicyclic) bond motifs is 3. The predicted octanol–water partition coefficient (Wildman–Crippen LogP) is 12.9. The van der Waals surface area contributed by atoms with E-state index >= 15 is 0 Å². The molecule has 29 nitrogen and oxygen atoms in total. The van der Waals surface area contributed by atoms with Crippen LogP contribution in [0.15, 0.2) is 166 Å². The molecule has 1 fully saturated rings. The van der Waals surface area contributed by atoms with E-state index < -0.39 is 206 Å². The molecule has 1 aliphatic rings. The van der Waals surface area contributed by atoms with Gasteiger partial charge in [0.1, 0.15) is 99.4 Å². The summed E-state index contributed by atoms with van der Waals surface area (Å²) in [5, 5.41) is 14.2. The summed E-state index contributed by atoms with van der Waals surface area (Å²) in [4.78, 5) is 128. The van der Waals surface area contributed by atoms with Crippen molar-refractivity contribution in [1.29, 1.82) is 0 Å². The number of amides is 5. The summed E-state index contributed by atoms with van der Waals surface area (Å²) in [6.45, 7) is -0.796. The van der Waals surface area contributed by atoms with E-state index in [1.165, 1.54) is 56.2 Å². The first-order valence-electron chi connectivity index (χ1n) is 33.5. The number of nitrogen functional groups attached to an aromatic ring is 1. The van der Waals surface area contributed by atoms with Crippen molar-refractivity contribution in [3.63, 3.8) is 0 Å². The lowest BCUT2D eigenvalue weighted by Crippen LogP contribution is -2.33. The third-order valence-electron chi connectivity index (χ3n) is 16.2. The molecule has 121 heavy (non-hydrogen) atoms. The second-order valence-corrected chi connectivity index (χ2v) is 24.5. The second kappa shape index (κ2) is 36.9. The number of ether oxygens (including phenoxy) is 4. The minimum absolute atomic E-state index is 0.0893. The molecule has 0 radical (unpaired) electrons. The Hall–Kier alpha value is -15.3. The minimum Gasteiger partial charge on any atom is -0.480 e. The molecule has 1 aliphatic heterocycles. The summed E-state index contributed by atoms with van der Waals surface area (Å²) in [6, 6.07) is 13.3. The quantitative estimate of drug-likeness (QED) is 0.0165. The molecule has 0 unspecified atom stereocenters. The van der Waals surface area contributed by atoms with Gasteiger partial charge < -0.3 is 59.4 Å². The molecule has 6 N–H and O–H groups in total. The number of benzene rings is 6. The molecular formula is C74H47F18N15O14. The molecule has 628 valence electrons. The zero-order valence-corrected chi connectivity index (χ0v) is 60.4. The van der Waals surface area contributed by atoms with Gasteiger partial charge in [0.15, 0.2) is 0 Å². The fourth-order valence-electron chi connectivity index (χ4n) is 10.9. The molecule has 0 spiro atoms. The number of carboxylic acid groups (broad SMARTS) is 1. The van der Waals surface area contributed by atoms with E-state index in [-0.39, 0.29) is 68.7 Å². The van der Waals surface area contributed by atoms with Gasteiger partial charge in [-0.05, 0) is 79.7 Å². The number of aliphatic imine (C=N–C) groups is 1. The van der Waals surface area contributed by atoms with Crippen LogP contribution < -0.4 is 57.5 Å². The van der Waals surface area contributed by atoms with Crippen molar-refractivity contribution in [2.24, 2.45) is 4.99 Å². The highest BCUT2D eigenvalue weighted by Gasteiger charge is 2.40. The molecule has 0 bridgehead atoms. The van der Waals surface area contributed by atoms with E-state index in [0.717, 1.165) is 55.8 Å². The van der Waals surface area contributed by atoms with Crippen LogP contribution in [0.1, 0.15) is 40.3 Å². The molecule has 1 saturated heterocycles. The number of aromatic nitrogens is 9. The van der Waals surface area contributed by atoms with Crippen LogP contribution in [-0.2, 0) is 62.1 Å². The number of carboxylic acids is 1. The molecule has 6 aromatic carbocycles. The summed E-state index contributed by atoms with van der Waals surface area (Å²) in [6.07, 6.45) is -7.90. The Morgan fingerprint density at radius 2 is 0.893 bits per heavy atom. The Morgan fingerprint density at radius 1 is 0.521 bits per heavy atom. The molecule has 0 aliphatic carbocycles. The number of isocyanates is 1. The lowest BCUT2D eigenvalue weighted by molar-refractivity contribution is -0.141. The van der Waals surface area contributed by atoms with Crippen molar-refractivity contribution in [2.45, 2.75) is 45.1 Å². The maximum atomic E-state index is 14.1. The number of alkyl halides is 9. The number of imide groups is 1. The molecule has 5 amide bonds. The van der Waals surface area contributed by atoms with Gasteiger partial charge in [-0.1, -0.05) is 0 Å². The molecule has 6 aromatic heterocycles. The van der Waals surface area contributed by atoms with E-state index in [1.54, 1.807) is 6.92 Å². The number of aliphatic carboxylic acids is 1. The average molecular weight is 1710 g/mol. The molecular weight excluding hydrogens is 1660 g/mol. The molecule has 0 atom stereocenters. The van der Waals surface area contributed by atoms with Gasteiger partial charge in [-0.3, -0.25) is 28.8 Å². The highest BCUT2D eigenvalue weighted by Crippen LogP contribution is 2.42. The summed E-state index contributed by atoms with van der Waals surface area (Å²) in [7, 11) is 0. The maximum Gasteiger partial charge on any atom is 0.421 e. The van der Waals surface area contributed by atoms with E-state index in [4.69, 9.17) is 25.1 Å². The number of carbonyl (C=O) groups is 5. The van der Waals surface area contributed by atoms with E-state index in [9.17, 15) is 122 Å². The molecule has 13 rings (SSSR count). The van der Waals surface area contributed by atoms with Gasteiger partial charge in [0.25, 0.3) is 22.6 Å². The van der Waals surface area contributed by atoms with Gasteiger partial charge in [0, 0.05) is 53.1 Å². The number of nitrogens with one attached hydrogen (secondary N) is 3. The van der Waals surface area contributed by atoms with E-state index in [2.05, 4.69) is 44.9 Å². The van der Waals surface area contributed by atoms with Crippen molar-refractivity contribution >= 4 is 85.8 Å². The predicted molar refractivity (Wildman–Crippen MR) is 382 cm³/mol. The first-order chi connectivity index (χ1) is 57.1. The number of nitrogens with two attached hydrogens (primary N) is 1. The van der Waals surface area contributed by atoms with Crippen LogP contribution in [0.3, 0.4) is 0 Å². The van der Waals surface area contributed by atoms with Gasteiger partial charge in [-0.25, -0.2) is 73.7 Å². The number of anilines is 3. The van der Waals surface area contributed by atoms with Gasteiger partial charge in [-0.2, -0.15) is 59.5 Å². The Balaban J connectivity index is 0.000000182. The lowest BCUT2D eigenvalue weighted by atomic mass is 10.1. The van der Waals surface area contributed by atoms with Crippen LogP contribution in [0.4, 0.5) is 106 Å². The van der Waals surface area contributed by atoms with Crippen molar-refractivity contribution in [3.8, 4) is 34.9 Å². The van der Waals surface area contributed by atoms with Gasteiger partial charge in [-0.15, -0.1) is 0 Å². The number of urea groups is 2. The van der Waals surface area contributed by atoms with Crippen molar-refractivity contribution in [3.05, 3.63) is 264 Å². The smallest absolute Gasteiger partial charge is 0.421 e. The highest BCUT2D eigenvalue weighted by atomic mass is 19.4. The van der Waals surface area contributed by atoms with Gasteiger partial charge in [0.05, 0.1) is 120 Å². The standard InChI is InChI=1S/C24H15F6N5O5.C24H13F6N5O4.C21H12F6N4O2.C5H7NO3/c25-11-3-17(26)15(18(27)4-11)9-35-10-33-21(38)14-6-13(1-2-19(14)35)40-22-16(24(28,29)30)5-12(7-31-22)34-23(39)32-8-20(36)37;25-11-3-17(26)15(18(27)4-11)9-34-10-33-21(37)14-6-13(1-2-19(14)34)39-22-16(24(28,29)30)5-12(7-31-22)35-20(36)8-32-23(35)38;22-10-3-16(23)14(17(24)4-10)8-31-9-30-19(32)13-6-12(1-2-18(13)31)33-20-15(21(25,26)27)5-11(28)7-29-20;1-2-9-5(8)3-6-4-7/h1-7,10H,8-9H2,(H,36,37)(H2,32,34,39);1-7,10H,8-9H2,(H,32,38);1-7,9H,8,28H2;2-3H2,1H3. The maximum absolute atomic E-state index is 14.1. The van der Waals surface area contributed by atoms with Crippen LogP contribution in [-0.4, -0.2) is 111 Å². The van der Waals surface area contributed by atoms with Crippen molar-refractivity contribution in [2.75, 3.05) is 42.2 Å². The zero-order valence-electron chi connectivity index (χ0n) is 60.4. The van der Waals surface area contributed by atoms with Gasteiger partial charge >= 0.3 is 42.5 Å². The normalized spacial score (nSPS) is 11.9. The number of hydrogen-bond acceptors (Lipinski definition) is 21. The largest absolute Gasteiger partial charge is 0.480 e. The first-order valence-corrected chi connectivity index (χ1v) is 33.5. The monoisotopic (exact) mass is 1710 g/mol. The Labute approximate surface area is 660 Å². The third-order valence-corrected chi connectivity index (χ3v) is 16.2. The molecule has 47 heteroatoms. The Kier molecular flexibility index (Phi) is 26.8. The lowest BCUT2D eigenvalue weighted by Gasteiger charge is -2.17. The number of pyridine rings is 3. The number of esters is 1. The summed E-state index contributed by atoms with van der Waals surface area (Å²) < 4.78 is 271. The zero-order chi connectivity index (χ0) is 88.3. The minimum atomic E-state index is -5.01. The topological polar surface area (TPSA) is 381 Å². The van der Waals surface area contributed by atoms with Gasteiger partial charge in [0.2, 0.25) is 23.7 Å². The average Bonchev–Trinajstić information content (AvgIpc) is 1.76. The SMILES string of the molecule is CCOC(=O)CN=C=O.Nc1cnc(Oc2ccc3c(c2)c(=O)ncn3Cc2c(F)cc(F)cc2F)c(C(F)(F)F)c1.O=C(O)CNC(=O)Nc1cnc(Oc2ccc3c(c2)c(=O)ncn3Cc2c(F)cc(F)cc2F)c(C(F)(F)F)c1.O=C1CNC(=O)N1c1cnc(Oc2ccc3c(c2)c(=O)ncn3Cc2c(F)cc(F)cc2F)c(C(F)(F)F)c1. The fourth-order valence-corrected chi connectivity index (χ4v) is 10.9. The molecule has 12 aromatic rings. The van der Waals surface area contributed by atoms with Crippen LogP contribution in [0.25, 0.3) is 32.7 Å². The number of hydrogen-bond donors (Lipinski definition) is 5. The van der Waals surface area contributed by atoms with E-state index in [0.29, 0.717) is 66.1 Å². The van der Waals surface area contributed by atoms with Crippen molar-refractivity contribution < 1.29 is 132 Å². The first kappa shape index (κ1) is 88.0. The number of rotatable bonds is 19. The summed E-state index contributed by atoms with van der Waals surface area (Å²) in [5.41, 5.74) is -3.26. The summed E-state index contributed by atoms with van der Waals surface area (Å²) >= 11 is 0. The molecule has 0 saturated carbocycles.